The van der Waals surface area contributed by atoms with Gasteiger partial charge in [0.2, 0.25) is 5.91 Å². The molecule has 2 atom stereocenters. The highest BCUT2D eigenvalue weighted by Gasteiger charge is 2.21. The molecule has 0 spiro atoms. The monoisotopic (exact) mass is 277 g/mol. The van der Waals surface area contributed by atoms with Gasteiger partial charge in [0.15, 0.2) is 0 Å². The van der Waals surface area contributed by atoms with Crippen molar-refractivity contribution in [1.29, 1.82) is 0 Å². The Hall–Kier alpha value is -0.320. The second kappa shape index (κ2) is 9.59. The number of carbonyl (C=O) groups excluding carboxylic acids is 1. The van der Waals surface area contributed by atoms with Crippen molar-refractivity contribution >= 4 is 18.3 Å². The van der Waals surface area contributed by atoms with Crippen LogP contribution in [0.4, 0.5) is 0 Å². The summed E-state index contributed by atoms with van der Waals surface area (Å²) in [6.07, 6.45) is 4.53. The topological polar surface area (TPSA) is 58.4 Å². The number of halogens is 1. The van der Waals surface area contributed by atoms with Gasteiger partial charge in [-0.25, -0.2) is 0 Å². The molecule has 108 valence electrons. The first kappa shape index (κ1) is 17.7. The smallest absolute Gasteiger partial charge is 0.234 e. The van der Waals surface area contributed by atoms with Gasteiger partial charge in [0.05, 0.1) is 6.54 Å². The van der Waals surface area contributed by atoms with Crippen molar-refractivity contribution in [2.75, 3.05) is 26.2 Å². The Balaban J connectivity index is 0.00000289. The molecule has 3 N–H and O–H groups in total. The molecule has 2 unspecified atom stereocenters. The van der Waals surface area contributed by atoms with Crippen LogP contribution < -0.4 is 11.1 Å². The molecule has 0 saturated carbocycles. The summed E-state index contributed by atoms with van der Waals surface area (Å²) >= 11 is 0. The Labute approximate surface area is 117 Å². The van der Waals surface area contributed by atoms with E-state index < -0.39 is 0 Å². The standard InChI is InChI=1S/C13H27N3O.ClH/c1-3-11(2)15-13(17)10-16-8-4-5-12(9-16)6-7-14;/h11-12H,3-10,14H2,1-2H3,(H,15,17);1H. The Kier molecular flexibility index (Phi) is 9.42. The molecule has 1 rings (SSSR count). The van der Waals surface area contributed by atoms with Gasteiger partial charge in [-0.3, -0.25) is 9.69 Å². The van der Waals surface area contributed by atoms with Crippen molar-refractivity contribution in [3.8, 4) is 0 Å². The zero-order valence-corrected chi connectivity index (χ0v) is 12.5. The summed E-state index contributed by atoms with van der Waals surface area (Å²) in [4.78, 5) is 14.0. The minimum Gasteiger partial charge on any atom is -0.353 e. The van der Waals surface area contributed by atoms with E-state index in [9.17, 15) is 4.79 Å². The summed E-state index contributed by atoms with van der Waals surface area (Å²) in [5.74, 6) is 0.845. The van der Waals surface area contributed by atoms with Crippen molar-refractivity contribution in [3.63, 3.8) is 0 Å². The number of likely N-dealkylation sites (tertiary alicyclic amines) is 1. The predicted octanol–water partition coefficient (Wildman–Crippen LogP) is 1.38. The van der Waals surface area contributed by atoms with Gasteiger partial charge < -0.3 is 11.1 Å². The number of nitrogens with one attached hydrogen (secondary N) is 1. The van der Waals surface area contributed by atoms with E-state index in [4.69, 9.17) is 5.73 Å². The second-order valence-corrected chi connectivity index (χ2v) is 5.20. The quantitative estimate of drug-likeness (QED) is 0.771. The molecule has 1 amide bonds. The van der Waals surface area contributed by atoms with E-state index in [1.165, 1.54) is 12.8 Å². The molecule has 1 aliphatic heterocycles. The Morgan fingerprint density at radius 2 is 2.28 bits per heavy atom. The van der Waals surface area contributed by atoms with Gasteiger partial charge in [-0.1, -0.05) is 6.92 Å². The number of hydrogen-bond acceptors (Lipinski definition) is 3. The molecule has 1 aliphatic rings. The lowest BCUT2D eigenvalue weighted by atomic mass is 9.95. The summed E-state index contributed by atoms with van der Waals surface area (Å²) in [7, 11) is 0. The summed E-state index contributed by atoms with van der Waals surface area (Å²) < 4.78 is 0. The van der Waals surface area contributed by atoms with Crippen LogP contribution in [0.3, 0.4) is 0 Å². The third-order valence-electron chi connectivity index (χ3n) is 3.56. The van der Waals surface area contributed by atoms with Crippen LogP contribution in [0.2, 0.25) is 0 Å². The number of nitrogens with zero attached hydrogens (tertiary/aromatic N) is 1. The SMILES string of the molecule is CCC(C)NC(=O)CN1CCCC(CCN)C1.Cl. The first-order valence-electron chi connectivity index (χ1n) is 6.87. The Morgan fingerprint density at radius 1 is 1.56 bits per heavy atom. The second-order valence-electron chi connectivity index (χ2n) is 5.20. The molecule has 18 heavy (non-hydrogen) atoms. The molecule has 1 saturated heterocycles. The third kappa shape index (κ3) is 6.57. The van der Waals surface area contributed by atoms with Gasteiger partial charge in [0, 0.05) is 12.6 Å². The number of piperidine rings is 1. The normalized spacial score (nSPS) is 22.1. The minimum atomic E-state index is 0. The summed E-state index contributed by atoms with van der Waals surface area (Å²) in [6.45, 7) is 7.53. The van der Waals surface area contributed by atoms with Crippen LogP contribution in [0.1, 0.15) is 39.5 Å². The average molecular weight is 278 g/mol. The number of carbonyl (C=O) groups is 1. The predicted molar refractivity (Wildman–Crippen MR) is 78.0 cm³/mol. The van der Waals surface area contributed by atoms with Crippen LogP contribution in [0, 0.1) is 5.92 Å². The Morgan fingerprint density at radius 3 is 2.89 bits per heavy atom. The number of amides is 1. The highest BCUT2D eigenvalue weighted by atomic mass is 35.5. The zero-order chi connectivity index (χ0) is 12.7. The molecule has 1 heterocycles. The summed E-state index contributed by atoms with van der Waals surface area (Å²) in [6, 6.07) is 0.284. The molecule has 0 aromatic carbocycles. The molecule has 5 heteroatoms. The maximum atomic E-state index is 11.8. The lowest BCUT2D eigenvalue weighted by molar-refractivity contribution is -0.123. The minimum absolute atomic E-state index is 0. The van der Waals surface area contributed by atoms with E-state index >= 15 is 0 Å². The number of rotatable bonds is 6. The molecular weight excluding hydrogens is 250 g/mol. The van der Waals surface area contributed by atoms with Crippen molar-refractivity contribution in [1.82, 2.24) is 10.2 Å². The maximum absolute atomic E-state index is 11.8. The van der Waals surface area contributed by atoms with Crippen LogP contribution in [0.15, 0.2) is 0 Å². The van der Waals surface area contributed by atoms with Crippen molar-refractivity contribution in [3.05, 3.63) is 0 Å². The van der Waals surface area contributed by atoms with E-state index in [0.29, 0.717) is 12.5 Å². The highest BCUT2D eigenvalue weighted by molar-refractivity contribution is 5.85. The maximum Gasteiger partial charge on any atom is 0.234 e. The summed E-state index contributed by atoms with van der Waals surface area (Å²) in [5, 5.41) is 3.02. The average Bonchev–Trinajstić information content (AvgIpc) is 2.29. The van der Waals surface area contributed by atoms with Crippen molar-refractivity contribution in [2.24, 2.45) is 11.7 Å². The van der Waals surface area contributed by atoms with E-state index in [-0.39, 0.29) is 24.4 Å². The van der Waals surface area contributed by atoms with Crippen LogP contribution in [-0.2, 0) is 4.79 Å². The van der Waals surface area contributed by atoms with E-state index in [2.05, 4.69) is 17.1 Å². The first-order valence-corrected chi connectivity index (χ1v) is 6.87. The van der Waals surface area contributed by atoms with Crippen LogP contribution >= 0.6 is 12.4 Å². The van der Waals surface area contributed by atoms with Gasteiger partial charge >= 0.3 is 0 Å². The molecule has 0 aromatic heterocycles. The van der Waals surface area contributed by atoms with Crippen LogP contribution in [0.25, 0.3) is 0 Å². The fraction of sp³-hybridized carbons (Fsp3) is 0.923. The summed E-state index contributed by atoms with van der Waals surface area (Å²) in [5.41, 5.74) is 5.59. The number of hydrogen-bond donors (Lipinski definition) is 2. The molecule has 4 nitrogen and oxygen atoms in total. The van der Waals surface area contributed by atoms with Crippen LogP contribution in [0.5, 0.6) is 0 Å². The fourth-order valence-electron chi connectivity index (χ4n) is 2.39. The lowest BCUT2D eigenvalue weighted by Crippen LogP contribution is -2.44. The molecule has 0 aliphatic carbocycles. The van der Waals surface area contributed by atoms with Gasteiger partial charge in [0.1, 0.15) is 0 Å². The van der Waals surface area contributed by atoms with Gasteiger partial charge in [0.25, 0.3) is 0 Å². The van der Waals surface area contributed by atoms with Gasteiger partial charge in [-0.2, -0.15) is 0 Å². The molecule has 0 aromatic rings. The zero-order valence-electron chi connectivity index (χ0n) is 11.7. The van der Waals surface area contributed by atoms with E-state index in [1.54, 1.807) is 0 Å². The van der Waals surface area contributed by atoms with E-state index in [0.717, 1.165) is 32.5 Å². The highest BCUT2D eigenvalue weighted by Crippen LogP contribution is 2.18. The molecule has 0 radical (unpaired) electrons. The van der Waals surface area contributed by atoms with Gasteiger partial charge in [-0.05, 0) is 51.6 Å². The Bertz CT molecular complexity index is 236. The fourth-order valence-corrected chi connectivity index (χ4v) is 2.39. The lowest BCUT2D eigenvalue weighted by Gasteiger charge is -2.32. The molecule has 0 bridgehead atoms. The largest absolute Gasteiger partial charge is 0.353 e. The van der Waals surface area contributed by atoms with Crippen LogP contribution in [-0.4, -0.2) is 43.0 Å². The molecule has 1 fully saturated rings. The number of nitrogens with two attached hydrogens (primary N) is 1. The first-order chi connectivity index (χ1) is 8.15. The van der Waals surface area contributed by atoms with Crippen molar-refractivity contribution < 1.29 is 4.79 Å². The van der Waals surface area contributed by atoms with E-state index in [1.807, 2.05) is 6.92 Å². The third-order valence-corrected chi connectivity index (χ3v) is 3.56. The van der Waals surface area contributed by atoms with Crippen molar-refractivity contribution in [2.45, 2.75) is 45.6 Å². The molecular formula is C13H28ClN3O. The van der Waals surface area contributed by atoms with Gasteiger partial charge in [-0.15, -0.1) is 12.4 Å².